The summed E-state index contributed by atoms with van der Waals surface area (Å²) >= 11 is 0. The van der Waals surface area contributed by atoms with E-state index in [1.165, 1.54) is 20.8 Å². The van der Waals surface area contributed by atoms with Gasteiger partial charge in [0.2, 0.25) is 0 Å². The zero-order valence-electron chi connectivity index (χ0n) is 10.1. The maximum absolute atomic E-state index is 11.0. The van der Waals surface area contributed by atoms with Gasteiger partial charge in [0.15, 0.2) is 0 Å². The molecule has 7 heteroatoms. The monoisotopic (exact) mass is 260 g/mol. The Labute approximate surface area is 101 Å². The molecule has 0 bridgehead atoms. The molecule has 0 atom stereocenters. The molecule has 0 aromatic heterocycles. The first-order valence-corrected chi connectivity index (χ1v) is 6.76. The summed E-state index contributed by atoms with van der Waals surface area (Å²) in [5, 5.41) is 0. The van der Waals surface area contributed by atoms with Gasteiger partial charge in [-0.3, -0.25) is 9.59 Å². The van der Waals surface area contributed by atoms with E-state index in [4.69, 9.17) is 13.6 Å². The Balaban J connectivity index is 4.07. The highest BCUT2D eigenvalue weighted by Crippen LogP contribution is 2.01. The Bertz CT molecular complexity index is 309. The summed E-state index contributed by atoms with van der Waals surface area (Å²) in [4.78, 5) is 32.5. The minimum absolute atomic E-state index is 0.0309. The highest BCUT2D eigenvalue weighted by molar-refractivity contribution is 6.48. The first kappa shape index (κ1) is 15.4. The van der Waals surface area contributed by atoms with Gasteiger partial charge in [-0.2, -0.15) is 0 Å². The average molecular weight is 260 g/mol. The van der Waals surface area contributed by atoms with E-state index in [2.05, 4.69) is 6.58 Å². The van der Waals surface area contributed by atoms with Crippen molar-refractivity contribution in [2.45, 2.75) is 26.8 Å². The van der Waals surface area contributed by atoms with E-state index in [1.54, 1.807) is 0 Å². The van der Waals surface area contributed by atoms with E-state index in [0.29, 0.717) is 0 Å². The summed E-state index contributed by atoms with van der Waals surface area (Å²) in [7, 11) is -2.45. The number of carbonyl (C=O) groups is 3. The Morgan fingerprint density at radius 2 is 1.53 bits per heavy atom. The van der Waals surface area contributed by atoms with Crippen LogP contribution in [0.15, 0.2) is 12.2 Å². The third-order valence-electron chi connectivity index (χ3n) is 1.53. The molecule has 0 aliphatic rings. The lowest BCUT2D eigenvalue weighted by atomic mass is 10.4. The first-order chi connectivity index (χ1) is 7.82. The van der Waals surface area contributed by atoms with Gasteiger partial charge in [0.25, 0.3) is 11.9 Å². The smallest absolute Gasteiger partial charge is 0.451 e. The topological polar surface area (TPSA) is 78.9 Å². The van der Waals surface area contributed by atoms with Gasteiger partial charge >= 0.3 is 15.3 Å². The van der Waals surface area contributed by atoms with Crippen molar-refractivity contribution in [2.75, 3.05) is 6.61 Å². The van der Waals surface area contributed by atoms with Gasteiger partial charge in [0, 0.05) is 25.5 Å². The van der Waals surface area contributed by atoms with E-state index >= 15 is 0 Å². The van der Waals surface area contributed by atoms with Gasteiger partial charge < -0.3 is 13.6 Å². The zero-order valence-corrected chi connectivity index (χ0v) is 11.3. The average Bonchev–Trinajstić information content (AvgIpc) is 2.14. The van der Waals surface area contributed by atoms with Crippen molar-refractivity contribution in [1.29, 1.82) is 0 Å². The highest BCUT2D eigenvalue weighted by atomic mass is 28.3. The summed E-state index contributed by atoms with van der Waals surface area (Å²) in [6.45, 7) is 7.42. The summed E-state index contributed by atoms with van der Waals surface area (Å²) in [5.74, 6) is -1.56. The molecular weight excluding hydrogens is 244 g/mol. The molecule has 0 spiro atoms. The minimum Gasteiger partial charge on any atom is -0.487 e. The molecule has 0 saturated carbocycles. The summed E-state index contributed by atoms with van der Waals surface area (Å²) in [5.41, 5.74) is 0.281. The van der Waals surface area contributed by atoms with Crippen LogP contribution in [0.1, 0.15) is 20.8 Å². The van der Waals surface area contributed by atoms with E-state index in [-0.39, 0.29) is 18.2 Å². The van der Waals surface area contributed by atoms with Gasteiger partial charge in [-0.15, -0.1) is 0 Å². The second-order valence-corrected chi connectivity index (χ2v) is 5.26. The molecule has 96 valence electrons. The normalized spacial score (nSPS) is 9.65. The Morgan fingerprint density at radius 1 is 1.06 bits per heavy atom. The third kappa shape index (κ3) is 8.20. The Kier molecular flexibility index (Phi) is 6.88. The number of esters is 1. The lowest BCUT2D eigenvalue weighted by Gasteiger charge is -2.14. The second-order valence-electron chi connectivity index (χ2n) is 3.35. The van der Waals surface area contributed by atoms with Crippen LogP contribution in [0.2, 0.25) is 6.04 Å². The zero-order chi connectivity index (χ0) is 13.4. The Morgan fingerprint density at radius 3 is 1.88 bits per heavy atom. The third-order valence-corrected chi connectivity index (χ3v) is 3.43. The van der Waals surface area contributed by atoms with Crippen LogP contribution < -0.4 is 0 Å². The van der Waals surface area contributed by atoms with Crippen LogP contribution in [0.4, 0.5) is 0 Å². The summed E-state index contributed by atoms with van der Waals surface area (Å²) in [6.07, 6.45) is 0. The van der Waals surface area contributed by atoms with Gasteiger partial charge in [-0.05, 0) is 6.92 Å². The number of rotatable bonds is 6. The summed E-state index contributed by atoms with van der Waals surface area (Å²) in [6, 6.07) is 0.220. The van der Waals surface area contributed by atoms with Crippen molar-refractivity contribution >= 4 is 27.2 Å². The van der Waals surface area contributed by atoms with Crippen molar-refractivity contribution in [3.63, 3.8) is 0 Å². The fraction of sp³-hybridized carbons (Fsp3) is 0.500. The van der Waals surface area contributed by atoms with Crippen LogP contribution in [-0.4, -0.2) is 33.8 Å². The predicted molar refractivity (Wildman–Crippen MR) is 61.3 cm³/mol. The van der Waals surface area contributed by atoms with Crippen LogP contribution in [0, 0.1) is 0 Å². The second kappa shape index (κ2) is 7.61. The maximum Gasteiger partial charge on any atom is 0.451 e. The molecule has 0 amide bonds. The largest absolute Gasteiger partial charge is 0.487 e. The number of hydrogen-bond donors (Lipinski definition) is 0. The molecule has 6 nitrogen and oxygen atoms in total. The number of hydrogen-bond acceptors (Lipinski definition) is 6. The van der Waals surface area contributed by atoms with Crippen LogP contribution in [0.5, 0.6) is 0 Å². The minimum atomic E-state index is -2.45. The Hall–Kier alpha value is -1.63. The lowest BCUT2D eigenvalue weighted by Crippen LogP contribution is -2.29. The van der Waals surface area contributed by atoms with Crippen molar-refractivity contribution in [2.24, 2.45) is 0 Å². The van der Waals surface area contributed by atoms with Crippen LogP contribution in [-0.2, 0) is 28.0 Å². The van der Waals surface area contributed by atoms with Gasteiger partial charge in [-0.25, -0.2) is 4.79 Å². The fourth-order valence-corrected chi connectivity index (χ4v) is 2.22. The van der Waals surface area contributed by atoms with Gasteiger partial charge in [-0.1, -0.05) is 6.58 Å². The molecule has 0 N–H and O–H groups in total. The number of ether oxygens (including phenoxy) is 1. The van der Waals surface area contributed by atoms with Crippen molar-refractivity contribution in [1.82, 2.24) is 0 Å². The van der Waals surface area contributed by atoms with E-state index in [9.17, 15) is 14.4 Å². The van der Waals surface area contributed by atoms with Crippen molar-refractivity contribution < 1.29 is 28.0 Å². The quantitative estimate of drug-likeness (QED) is 0.392. The first-order valence-electron chi connectivity index (χ1n) is 5.00. The molecule has 0 heterocycles. The fourth-order valence-electron chi connectivity index (χ4n) is 0.883. The molecule has 0 aliphatic heterocycles. The molecule has 0 unspecified atom stereocenters. The van der Waals surface area contributed by atoms with E-state index in [1.807, 2.05) is 0 Å². The molecular formula is C10H16O6Si. The summed E-state index contributed by atoms with van der Waals surface area (Å²) < 4.78 is 14.5. The molecule has 0 rings (SSSR count). The van der Waals surface area contributed by atoms with Crippen LogP contribution in [0.3, 0.4) is 0 Å². The predicted octanol–water partition coefficient (Wildman–Crippen LogP) is 0.452. The standard InChI is InChI=1S/C10H16O6Si/c1-7(2)10(13)14-5-6-17(15-8(3)11)16-9(4)12/h17H,1,5-6H2,2-4H3. The van der Waals surface area contributed by atoms with Crippen LogP contribution >= 0.6 is 0 Å². The molecule has 0 aliphatic carbocycles. The van der Waals surface area contributed by atoms with E-state index in [0.717, 1.165) is 0 Å². The molecule has 0 aromatic rings. The molecule has 0 fully saturated rings. The van der Waals surface area contributed by atoms with Crippen molar-refractivity contribution in [3.8, 4) is 0 Å². The van der Waals surface area contributed by atoms with Crippen molar-refractivity contribution in [3.05, 3.63) is 12.2 Å². The molecule has 0 aromatic carbocycles. The maximum atomic E-state index is 11.0. The molecule has 0 saturated heterocycles. The number of carbonyl (C=O) groups excluding carboxylic acids is 3. The van der Waals surface area contributed by atoms with Crippen LogP contribution in [0.25, 0.3) is 0 Å². The van der Waals surface area contributed by atoms with E-state index < -0.39 is 27.2 Å². The highest BCUT2D eigenvalue weighted by Gasteiger charge is 2.20. The van der Waals surface area contributed by atoms with Gasteiger partial charge in [0.05, 0.1) is 6.61 Å². The molecule has 0 radical (unpaired) electrons. The lowest BCUT2D eigenvalue weighted by molar-refractivity contribution is -0.138. The molecule has 17 heavy (non-hydrogen) atoms. The SMILES string of the molecule is C=C(C)C(=O)OCC[SiH](OC(C)=O)OC(C)=O. The van der Waals surface area contributed by atoms with Gasteiger partial charge in [0.1, 0.15) is 0 Å².